The van der Waals surface area contributed by atoms with Crippen molar-refractivity contribution >= 4 is 11.9 Å². The van der Waals surface area contributed by atoms with E-state index in [2.05, 4.69) is 36.2 Å². The predicted octanol–water partition coefficient (Wildman–Crippen LogP) is 2.41. The topological polar surface area (TPSA) is 107 Å². The van der Waals surface area contributed by atoms with Gasteiger partial charge in [-0.1, -0.05) is 36.4 Å². The lowest BCUT2D eigenvalue weighted by atomic mass is 9.88. The Hall–Kier alpha value is -3.06. The van der Waals surface area contributed by atoms with Crippen LogP contribution in [0, 0.1) is 0 Å². The number of rotatable bonds is 3. The zero-order chi connectivity index (χ0) is 19.8. The Morgan fingerprint density at radius 2 is 1.70 bits per heavy atom. The van der Waals surface area contributed by atoms with E-state index in [9.17, 15) is 5.11 Å². The zero-order valence-electron chi connectivity index (χ0n) is 15.0. The molecule has 1 aliphatic heterocycles. The monoisotopic (exact) mass is 373 g/mol. The summed E-state index contributed by atoms with van der Waals surface area (Å²) in [6.45, 7) is 2.03. The van der Waals surface area contributed by atoms with Crippen LogP contribution in [0.2, 0.25) is 0 Å². The summed E-state index contributed by atoms with van der Waals surface area (Å²) in [7, 11) is 2.15. The van der Waals surface area contributed by atoms with Crippen LogP contribution < -0.4 is 4.74 Å². The van der Waals surface area contributed by atoms with E-state index in [1.807, 2.05) is 18.2 Å². The van der Waals surface area contributed by atoms with Gasteiger partial charge in [0.15, 0.2) is 0 Å². The minimum absolute atomic E-state index is 0.144. The molecule has 0 saturated carbocycles. The van der Waals surface area contributed by atoms with Crippen LogP contribution in [0.1, 0.15) is 17.9 Å². The number of piperidine rings is 1. The summed E-state index contributed by atoms with van der Waals surface area (Å²) in [5.74, 6) is -2.31. The van der Waals surface area contributed by atoms with E-state index in [0.29, 0.717) is 5.92 Å². The molecule has 2 unspecified atom stereocenters. The standard InChI is InChI=1S/C18H21NO2.C2H2O4/c1-19-11-10-18(21-16-9-5-8-15(20)12-16)17(13-19)14-6-3-2-4-7-14;3-1(4)2(5)6/h2-9,12,17-18,20H,10-11,13H2,1H3;(H,3,4)(H,5,6). The van der Waals surface area contributed by atoms with Gasteiger partial charge in [-0.05, 0) is 31.2 Å². The van der Waals surface area contributed by atoms with E-state index in [4.69, 9.17) is 24.5 Å². The Kier molecular flexibility index (Phi) is 7.19. The molecule has 0 radical (unpaired) electrons. The normalized spacial score (nSPS) is 19.4. The molecule has 1 heterocycles. The molecule has 0 bridgehead atoms. The molecule has 0 spiro atoms. The van der Waals surface area contributed by atoms with Crippen LogP contribution in [0.4, 0.5) is 0 Å². The van der Waals surface area contributed by atoms with Crippen molar-refractivity contribution in [3.05, 3.63) is 60.2 Å². The molecule has 2 atom stereocenters. The first-order valence-corrected chi connectivity index (χ1v) is 8.52. The number of carbonyl (C=O) groups is 2. The number of phenolic OH excluding ortho intramolecular Hbond substituents is 1. The average molecular weight is 373 g/mol. The second-order valence-electron chi connectivity index (χ2n) is 6.33. The van der Waals surface area contributed by atoms with Crippen LogP contribution in [0.3, 0.4) is 0 Å². The molecule has 2 aromatic carbocycles. The van der Waals surface area contributed by atoms with E-state index < -0.39 is 11.9 Å². The lowest BCUT2D eigenvalue weighted by Gasteiger charge is -2.37. The van der Waals surface area contributed by atoms with Gasteiger partial charge >= 0.3 is 11.9 Å². The van der Waals surface area contributed by atoms with Gasteiger partial charge in [-0.2, -0.15) is 0 Å². The molecule has 2 aromatic rings. The van der Waals surface area contributed by atoms with Crippen LogP contribution in [0.5, 0.6) is 11.5 Å². The Morgan fingerprint density at radius 3 is 2.30 bits per heavy atom. The summed E-state index contributed by atoms with van der Waals surface area (Å²) in [5, 5.41) is 24.4. The molecule has 3 rings (SSSR count). The summed E-state index contributed by atoms with van der Waals surface area (Å²) >= 11 is 0. The van der Waals surface area contributed by atoms with Gasteiger partial charge < -0.3 is 25.0 Å². The highest BCUT2D eigenvalue weighted by Crippen LogP contribution is 2.31. The predicted molar refractivity (Wildman–Crippen MR) is 99.1 cm³/mol. The van der Waals surface area contributed by atoms with Crippen LogP contribution >= 0.6 is 0 Å². The molecule has 27 heavy (non-hydrogen) atoms. The van der Waals surface area contributed by atoms with E-state index in [-0.39, 0.29) is 11.9 Å². The summed E-state index contributed by atoms with van der Waals surface area (Å²) in [6, 6.07) is 17.6. The van der Waals surface area contributed by atoms with Gasteiger partial charge in [-0.15, -0.1) is 0 Å². The second-order valence-corrected chi connectivity index (χ2v) is 6.33. The fourth-order valence-corrected chi connectivity index (χ4v) is 2.99. The van der Waals surface area contributed by atoms with Crippen molar-refractivity contribution in [2.45, 2.75) is 18.4 Å². The second kappa shape index (κ2) is 9.59. The van der Waals surface area contributed by atoms with Gasteiger partial charge in [0.05, 0.1) is 0 Å². The maximum atomic E-state index is 9.58. The first kappa shape index (κ1) is 20.3. The van der Waals surface area contributed by atoms with E-state index in [1.165, 1.54) is 5.56 Å². The van der Waals surface area contributed by atoms with Gasteiger partial charge in [0.1, 0.15) is 17.6 Å². The smallest absolute Gasteiger partial charge is 0.414 e. The Morgan fingerprint density at radius 1 is 1.04 bits per heavy atom. The van der Waals surface area contributed by atoms with Crippen molar-refractivity contribution in [1.29, 1.82) is 0 Å². The van der Waals surface area contributed by atoms with Crippen molar-refractivity contribution in [2.75, 3.05) is 20.1 Å². The van der Waals surface area contributed by atoms with Gasteiger partial charge in [0, 0.05) is 25.1 Å². The molecule has 3 N–H and O–H groups in total. The lowest BCUT2D eigenvalue weighted by Crippen LogP contribution is -2.42. The van der Waals surface area contributed by atoms with Gasteiger partial charge in [0.2, 0.25) is 0 Å². The third-order valence-corrected chi connectivity index (χ3v) is 4.27. The minimum Gasteiger partial charge on any atom is -0.508 e. The van der Waals surface area contributed by atoms with Crippen LogP contribution in [-0.2, 0) is 9.59 Å². The molecule has 1 saturated heterocycles. The Balaban J connectivity index is 0.000000380. The van der Waals surface area contributed by atoms with E-state index in [1.54, 1.807) is 12.1 Å². The zero-order valence-corrected chi connectivity index (χ0v) is 15.0. The molecule has 144 valence electrons. The third-order valence-electron chi connectivity index (χ3n) is 4.27. The maximum absolute atomic E-state index is 9.58. The van der Waals surface area contributed by atoms with Crippen molar-refractivity contribution in [2.24, 2.45) is 0 Å². The molecule has 0 aliphatic carbocycles. The highest BCUT2D eigenvalue weighted by molar-refractivity contribution is 6.27. The molecule has 7 nitrogen and oxygen atoms in total. The van der Waals surface area contributed by atoms with Crippen LogP contribution in [0.15, 0.2) is 54.6 Å². The SMILES string of the molecule is CN1CCC(Oc2cccc(O)c2)C(c2ccccc2)C1.O=C(O)C(=O)O. The largest absolute Gasteiger partial charge is 0.508 e. The number of hydrogen-bond acceptors (Lipinski definition) is 5. The van der Waals surface area contributed by atoms with Gasteiger partial charge in [-0.25, -0.2) is 9.59 Å². The number of hydrogen-bond donors (Lipinski definition) is 3. The first-order valence-electron chi connectivity index (χ1n) is 8.52. The minimum atomic E-state index is -1.82. The number of nitrogens with zero attached hydrogens (tertiary/aromatic N) is 1. The quantitative estimate of drug-likeness (QED) is 0.709. The number of carboxylic acids is 2. The number of phenols is 1. The van der Waals surface area contributed by atoms with E-state index >= 15 is 0 Å². The summed E-state index contributed by atoms with van der Waals surface area (Å²) in [4.78, 5) is 20.5. The third kappa shape index (κ3) is 6.31. The molecule has 1 fully saturated rings. The van der Waals surface area contributed by atoms with Gasteiger partial charge in [0.25, 0.3) is 0 Å². The summed E-state index contributed by atoms with van der Waals surface area (Å²) in [5.41, 5.74) is 1.31. The molecular formula is C20H23NO6. The van der Waals surface area contributed by atoms with Crippen molar-refractivity contribution in [3.8, 4) is 11.5 Å². The lowest BCUT2D eigenvalue weighted by molar-refractivity contribution is -0.159. The number of likely N-dealkylation sites (N-methyl/N-ethyl adjacent to an activating group) is 1. The Bertz CT molecular complexity index is 752. The van der Waals surface area contributed by atoms with Gasteiger partial charge in [-0.3, -0.25) is 0 Å². The molecule has 1 aliphatic rings. The number of aliphatic carboxylic acids is 2. The summed E-state index contributed by atoms with van der Waals surface area (Å²) < 4.78 is 6.16. The Labute approximate surface area is 157 Å². The number of ether oxygens (including phenoxy) is 1. The number of benzene rings is 2. The van der Waals surface area contributed by atoms with E-state index in [0.717, 1.165) is 25.3 Å². The molecule has 0 aromatic heterocycles. The number of aromatic hydroxyl groups is 1. The summed E-state index contributed by atoms with van der Waals surface area (Å²) in [6.07, 6.45) is 1.14. The first-order chi connectivity index (χ1) is 12.9. The highest BCUT2D eigenvalue weighted by Gasteiger charge is 2.30. The van der Waals surface area contributed by atoms with Crippen molar-refractivity contribution < 1.29 is 29.6 Å². The average Bonchev–Trinajstić information content (AvgIpc) is 2.64. The molecule has 0 amide bonds. The maximum Gasteiger partial charge on any atom is 0.414 e. The highest BCUT2D eigenvalue weighted by atomic mass is 16.5. The van der Waals surface area contributed by atoms with Crippen molar-refractivity contribution in [3.63, 3.8) is 0 Å². The molecule has 7 heteroatoms. The molecular weight excluding hydrogens is 350 g/mol. The van der Waals surface area contributed by atoms with Crippen molar-refractivity contribution in [1.82, 2.24) is 4.90 Å². The fraction of sp³-hybridized carbons (Fsp3) is 0.300. The fourth-order valence-electron chi connectivity index (χ4n) is 2.99. The van der Waals surface area contributed by atoms with Crippen LogP contribution in [0.25, 0.3) is 0 Å². The number of carboxylic acid groups (broad SMARTS) is 2. The van der Waals surface area contributed by atoms with Crippen LogP contribution in [-0.4, -0.2) is 58.4 Å². The number of likely N-dealkylation sites (tertiary alicyclic amines) is 1.